The Bertz CT molecular complexity index is 666. The maximum Gasteiger partial charge on any atom is 0.244 e. The van der Waals surface area contributed by atoms with Crippen LogP contribution in [0.5, 0.6) is 0 Å². The quantitative estimate of drug-likeness (QED) is 0.671. The van der Waals surface area contributed by atoms with Gasteiger partial charge in [0.2, 0.25) is 5.91 Å². The topological polar surface area (TPSA) is 55.1 Å². The molecule has 21 heavy (non-hydrogen) atoms. The molecule has 0 aliphatic carbocycles. The highest BCUT2D eigenvalue weighted by atomic mass is 19.2. The molecule has 5 heteroatoms. The van der Waals surface area contributed by atoms with Crippen LogP contribution < -0.4 is 11.1 Å². The number of hydrogen-bond acceptors (Lipinski definition) is 2. The molecule has 0 atom stereocenters. The van der Waals surface area contributed by atoms with Gasteiger partial charge in [0, 0.05) is 18.3 Å². The first kappa shape index (κ1) is 14.7. The highest BCUT2D eigenvalue weighted by Crippen LogP contribution is 2.09. The Labute approximate surface area is 121 Å². The third-order valence-electron chi connectivity index (χ3n) is 2.81. The van der Waals surface area contributed by atoms with E-state index in [1.54, 1.807) is 30.3 Å². The summed E-state index contributed by atoms with van der Waals surface area (Å²) in [5.41, 5.74) is 7.53. The fourth-order valence-corrected chi connectivity index (χ4v) is 1.68. The van der Waals surface area contributed by atoms with Crippen molar-refractivity contribution in [3.63, 3.8) is 0 Å². The van der Waals surface area contributed by atoms with Crippen LogP contribution in [0.1, 0.15) is 11.1 Å². The predicted molar refractivity (Wildman–Crippen MR) is 78.1 cm³/mol. The molecular weight excluding hydrogens is 274 g/mol. The molecule has 3 nitrogen and oxygen atoms in total. The van der Waals surface area contributed by atoms with Gasteiger partial charge >= 0.3 is 0 Å². The van der Waals surface area contributed by atoms with Crippen molar-refractivity contribution in [2.45, 2.75) is 6.54 Å². The number of amides is 1. The van der Waals surface area contributed by atoms with Crippen LogP contribution in [0.4, 0.5) is 14.5 Å². The molecule has 0 saturated heterocycles. The van der Waals surface area contributed by atoms with Crippen molar-refractivity contribution in [3.8, 4) is 0 Å². The SMILES string of the molecule is Nc1ccc(/C=C/C(=O)NCc2ccc(F)c(F)c2)cc1. The average Bonchev–Trinajstić information content (AvgIpc) is 2.48. The number of benzene rings is 2. The Morgan fingerprint density at radius 3 is 2.48 bits per heavy atom. The molecule has 0 saturated carbocycles. The monoisotopic (exact) mass is 288 g/mol. The van der Waals surface area contributed by atoms with Gasteiger partial charge in [-0.3, -0.25) is 4.79 Å². The summed E-state index contributed by atoms with van der Waals surface area (Å²) in [7, 11) is 0. The molecular formula is C16H14F2N2O. The summed E-state index contributed by atoms with van der Waals surface area (Å²) < 4.78 is 25.7. The summed E-state index contributed by atoms with van der Waals surface area (Å²) in [5.74, 6) is -2.16. The van der Waals surface area contributed by atoms with Crippen LogP contribution in [0.2, 0.25) is 0 Å². The Kier molecular flexibility index (Phi) is 4.66. The standard InChI is InChI=1S/C16H14F2N2O/c17-14-7-3-12(9-15(14)18)10-20-16(21)8-4-11-1-5-13(19)6-2-11/h1-9H,10,19H2,(H,20,21)/b8-4+. The van der Waals surface area contributed by atoms with Crippen LogP contribution in [0.3, 0.4) is 0 Å². The molecule has 0 fully saturated rings. The van der Waals surface area contributed by atoms with Gasteiger partial charge in [-0.25, -0.2) is 8.78 Å². The molecule has 2 aromatic rings. The number of rotatable bonds is 4. The first-order valence-corrected chi connectivity index (χ1v) is 6.30. The molecule has 2 rings (SSSR count). The fraction of sp³-hybridized carbons (Fsp3) is 0.0625. The van der Waals surface area contributed by atoms with E-state index in [1.807, 2.05) is 0 Å². The number of carbonyl (C=O) groups is 1. The van der Waals surface area contributed by atoms with Gasteiger partial charge in [-0.1, -0.05) is 18.2 Å². The number of anilines is 1. The zero-order chi connectivity index (χ0) is 15.2. The van der Waals surface area contributed by atoms with E-state index in [9.17, 15) is 13.6 Å². The van der Waals surface area contributed by atoms with E-state index in [1.165, 1.54) is 12.1 Å². The van der Waals surface area contributed by atoms with E-state index in [-0.39, 0.29) is 12.5 Å². The van der Waals surface area contributed by atoms with Gasteiger partial charge in [-0.05, 0) is 41.5 Å². The predicted octanol–water partition coefficient (Wildman–Crippen LogP) is 2.88. The minimum Gasteiger partial charge on any atom is -0.399 e. The smallest absolute Gasteiger partial charge is 0.244 e. The molecule has 0 aliphatic rings. The molecule has 0 aromatic heterocycles. The third-order valence-corrected chi connectivity index (χ3v) is 2.81. The molecule has 1 amide bonds. The summed E-state index contributed by atoms with van der Waals surface area (Å²) >= 11 is 0. The van der Waals surface area contributed by atoms with E-state index >= 15 is 0 Å². The van der Waals surface area contributed by atoms with Crippen molar-refractivity contribution in [2.24, 2.45) is 0 Å². The van der Waals surface area contributed by atoms with Crippen molar-refractivity contribution < 1.29 is 13.6 Å². The average molecular weight is 288 g/mol. The zero-order valence-corrected chi connectivity index (χ0v) is 11.1. The number of hydrogen-bond donors (Lipinski definition) is 2. The van der Waals surface area contributed by atoms with Crippen LogP contribution in [-0.4, -0.2) is 5.91 Å². The van der Waals surface area contributed by atoms with Crippen LogP contribution >= 0.6 is 0 Å². The molecule has 0 aliphatic heterocycles. The minimum atomic E-state index is -0.931. The van der Waals surface area contributed by atoms with Crippen molar-refractivity contribution in [2.75, 3.05) is 5.73 Å². The molecule has 0 bridgehead atoms. The third kappa shape index (κ3) is 4.42. The molecule has 0 unspecified atom stereocenters. The van der Waals surface area contributed by atoms with E-state index in [2.05, 4.69) is 5.32 Å². The summed E-state index contributed by atoms with van der Waals surface area (Å²) in [6.07, 6.45) is 3.01. The maximum absolute atomic E-state index is 13.0. The second-order valence-corrected chi connectivity index (χ2v) is 4.47. The number of nitrogens with one attached hydrogen (secondary N) is 1. The van der Waals surface area contributed by atoms with E-state index < -0.39 is 11.6 Å². The minimum absolute atomic E-state index is 0.127. The van der Waals surface area contributed by atoms with E-state index in [0.29, 0.717) is 11.3 Å². The van der Waals surface area contributed by atoms with Crippen molar-refractivity contribution in [1.82, 2.24) is 5.32 Å². The first-order valence-electron chi connectivity index (χ1n) is 6.30. The van der Waals surface area contributed by atoms with Gasteiger partial charge in [0.15, 0.2) is 11.6 Å². The lowest BCUT2D eigenvalue weighted by atomic mass is 10.2. The second kappa shape index (κ2) is 6.65. The van der Waals surface area contributed by atoms with E-state index in [0.717, 1.165) is 17.7 Å². The molecule has 0 spiro atoms. The Morgan fingerprint density at radius 2 is 1.81 bits per heavy atom. The summed E-state index contributed by atoms with van der Waals surface area (Å²) in [6.45, 7) is 0.127. The highest BCUT2D eigenvalue weighted by Gasteiger charge is 2.03. The van der Waals surface area contributed by atoms with Gasteiger partial charge < -0.3 is 11.1 Å². The normalized spacial score (nSPS) is 10.8. The van der Waals surface area contributed by atoms with Gasteiger partial charge in [0.1, 0.15) is 0 Å². The van der Waals surface area contributed by atoms with Gasteiger partial charge in [0.05, 0.1) is 0 Å². The van der Waals surface area contributed by atoms with Crippen LogP contribution in [0, 0.1) is 11.6 Å². The number of halogens is 2. The maximum atomic E-state index is 13.0. The molecule has 2 aromatic carbocycles. The van der Waals surface area contributed by atoms with Crippen LogP contribution in [0.15, 0.2) is 48.5 Å². The fourth-order valence-electron chi connectivity index (χ4n) is 1.68. The zero-order valence-electron chi connectivity index (χ0n) is 11.1. The van der Waals surface area contributed by atoms with Crippen LogP contribution in [0.25, 0.3) is 6.08 Å². The lowest BCUT2D eigenvalue weighted by Crippen LogP contribution is -2.20. The largest absolute Gasteiger partial charge is 0.399 e. The summed E-state index contributed by atoms with van der Waals surface area (Å²) in [6, 6.07) is 10.5. The Hall–Kier alpha value is -2.69. The summed E-state index contributed by atoms with van der Waals surface area (Å²) in [5, 5.41) is 2.59. The van der Waals surface area contributed by atoms with Gasteiger partial charge in [-0.2, -0.15) is 0 Å². The lowest BCUT2D eigenvalue weighted by Gasteiger charge is -2.03. The van der Waals surface area contributed by atoms with E-state index in [4.69, 9.17) is 5.73 Å². The molecule has 0 heterocycles. The van der Waals surface area contributed by atoms with Crippen LogP contribution in [-0.2, 0) is 11.3 Å². The van der Waals surface area contributed by atoms with Gasteiger partial charge in [-0.15, -0.1) is 0 Å². The van der Waals surface area contributed by atoms with Gasteiger partial charge in [0.25, 0.3) is 0 Å². The van der Waals surface area contributed by atoms with Crippen molar-refractivity contribution in [3.05, 3.63) is 71.3 Å². The van der Waals surface area contributed by atoms with Crippen molar-refractivity contribution in [1.29, 1.82) is 0 Å². The lowest BCUT2D eigenvalue weighted by molar-refractivity contribution is -0.116. The number of nitrogen functional groups attached to an aromatic ring is 1. The second-order valence-electron chi connectivity index (χ2n) is 4.47. The molecule has 108 valence electrons. The number of carbonyl (C=O) groups excluding carboxylic acids is 1. The Balaban J connectivity index is 1.89. The summed E-state index contributed by atoms with van der Waals surface area (Å²) in [4.78, 5) is 11.6. The number of nitrogens with two attached hydrogens (primary N) is 1. The molecule has 3 N–H and O–H groups in total. The van der Waals surface area contributed by atoms with Crippen molar-refractivity contribution >= 4 is 17.7 Å². The molecule has 0 radical (unpaired) electrons. The Morgan fingerprint density at radius 1 is 1.10 bits per heavy atom. The first-order chi connectivity index (χ1) is 10.0. The highest BCUT2D eigenvalue weighted by molar-refractivity contribution is 5.91.